The summed E-state index contributed by atoms with van der Waals surface area (Å²) in [7, 11) is 0.126. The molecule has 0 rings (SSSR count). The van der Waals surface area contributed by atoms with Crippen molar-refractivity contribution in [3.8, 4) is 0 Å². The molecule has 0 saturated heterocycles. The fraction of sp³-hybridized carbons (Fsp3) is 0.900. The van der Waals surface area contributed by atoms with Crippen LogP contribution < -0.4 is 0 Å². The molecule has 0 spiro atoms. The molecule has 0 nitrogen and oxygen atoms in total. The van der Waals surface area contributed by atoms with Crippen LogP contribution in [0.5, 0.6) is 0 Å². The standard InChI is InChI=1S/C7H17Si.C3H7.Eu/c1-4-7-8(5-2)6-3;1-3-2;/h4-7H2,1-3H3;3H,1-2H3;/q;-1;. The third kappa shape index (κ3) is 17.8. The molecule has 12 heavy (non-hydrogen) atoms. The van der Waals surface area contributed by atoms with Gasteiger partial charge in [0, 0.05) is 58.2 Å². The van der Waals surface area contributed by atoms with Gasteiger partial charge >= 0.3 is 0 Å². The molecule has 0 aromatic rings. The molecule has 0 saturated carbocycles. The summed E-state index contributed by atoms with van der Waals surface area (Å²) in [6.07, 6.45) is 3.40. The third-order valence-corrected chi connectivity index (χ3v) is 4.81. The number of hydrogen-bond acceptors (Lipinski definition) is 0. The van der Waals surface area contributed by atoms with E-state index in [1.54, 1.807) is 0 Å². The van der Waals surface area contributed by atoms with E-state index < -0.39 is 0 Å². The fourth-order valence-corrected chi connectivity index (χ4v) is 2.87. The Hall–Kier alpha value is 1.80. The van der Waals surface area contributed by atoms with Crippen LogP contribution in [0.2, 0.25) is 18.1 Å². The van der Waals surface area contributed by atoms with E-state index in [1.807, 2.05) is 20.3 Å². The van der Waals surface area contributed by atoms with Gasteiger partial charge in [-0.2, -0.15) is 13.8 Å². The van der Waals surface area contributed by atoms with Crippen molar-refractivity contribution in [2.75, 3.05) is 0 Å². The predicted octanol–water partition coefficient (Wildman–Crippen LogP) is 4.16. The first-order valence-corrected chi connectivity index (χ1v) is 6.96. The van der Waals surface area contributed by atoms with Crippen molar-refractivity contribution in [2.24, 2.45) is 0 Å². The van der Waals surface area contributed by atoms with E-state index in [-0.39, 0.29) is 58.2 Å². The molecule has 0 aliphatic rings. The van der Waals surface area contributed by atoms with Crippen LogP contribution in [0.3, 0.4) is 0 Å². The van der Waals surface area contributed by atoms with Crippen LogP contribution in [0.25, 0.3) is 0 Å². The van der Waals surface area contributed by atoms with E-state index in [0.29, 0.717) is 0 Å². The molecular weight excluding hydrogens is 300 g/mol. The van der Waals surface area contributed by atoms with E-state index >= 15 is 0 Å². The van der Waals surface area contributed by atoms with Crippen molar-refractivity contribution >= 4 is 8.80 Å². The van der Waals surface area contributed by atoms with Gasteiger partial charge in [-0.1, -0.05) is 45.3 Å². The largest absolute Gasteiger partial charge is 0.335 e. The summed E-state index contributed by atoms with van der Waals surface area (Å²) in [6.45, 7) is 10.9. The number of hydrogen-bond donors (Lipinski definition) is 0. The third-order valence-electron chi connectivity index (χ3n) is 1.60. The van der Waals surface area contributed by atoms with E-state index in [0.717, 1.165) is 0 Å². The minimum Gasteiger partial charge on any atom is -0.335 e. The quantitative estimate of drug-likeness (QED) is 0.538. The number of rotatable bonds is 4. The second-order valence-electron chi connectivity index (χ2n) is 2.78. The van der Waals surface area contributed by atoms with Gasteiger partial charge in [0.15, 0.2) is 0 Å². The Bertz CT molecular complexity index is 53.8. The summed E-state index contributed by atoms with van der Waals surface area (Å²) in [4.78, 5) is 0. The van der Waals surface area contributed by atoms with Crippen molar-refractivity contribution in [1.29, 1.82) is 0 Å². The van der Waals surface area contributed by atoms with Crippen molar-refractivity contribution in [2.45, 2.75) is 59.2 Å². The monoisotopic (exact) mass is 325 g/mol. The molecule has 0 aromatic heterocycles. The molecule has 0 amide bonds. The molecule has 2 heteroatoms. The fourth-order valence-electron chi connectivity index (χ4n) is 0.957. The average Bonchev–Trinajstić information content (AvgIpc) is 2.02. The zero-order valence-electron chi connectivity index (χ0n) is 9.28. The van der Waals surface area contributed by atoms with Crippen LogP contribution in [0.4, 0.5) is 0 Å². The Kier molecular flexibility index (Phi) is 30.0. The summed E-state index contributed by atoms with van der Waals surface area (Å²) in [5, 5.41) is 0. The van der Waals surface area contributed by atoms with Gasteiger partial charge in [0.25, 0.3) is 0 Å². The van der Waals surface area contributed by atoms with Gasteiger partial charge in [-0.3, -0.25) is 0 Å². The van der Waals surface area contributed by atoms with Gasteiger partial charge in [0.1, 0.15) is 0 Å². The molecule has 0 aliphatic carbocycles. The summed E-state index contributed by atoms with van der Waals surface area (Å²) in [5.74, 6) is 0. The Labute approximate surface area is 122 Å². The zero-order valence-corrected chi connectivity index (χ0v) is 12.7. The first kappa shape index (κ1) is 19.4. The summed E-state index contributed by atoms with van der Waals surface area (Å²) < 4.78 is 0. The maximum atomic E-state index is 2.33. The second kappa shape index (κ2) is 18.6. The van der Waals surface area contributed by atoms with Crippen LogP contribution in [0.15, 0.2) is 0 Å². The Morgan fingerprint density at radius 3 is 1.42 bits per heavy atom. The molecule has 0 N–H and O–H groups in total. The van der Waals surface area contributed by atoms with Gasteiger partial charge in [0.05, 0.1) is 0 Å². The molecule has 0 heterocycles. The summed E-state index contributed by atoms with van der Waals surface area (Å²) in [6, 6.07) is 4.46. The van der Waals surface area contributed by atoms with Gasteiger partial charge in [-0.15, -0.1) is 0 Å². The topological polar surface area (TPSA) is 0 Å². The van der Waals surface area contributed by atoms with Crippen LogP contribution in [-0.2, 0) is 0 Å². The Balaban J connectivity index is -0.000000177. The Morgan fingerprint density at radius 2 is 1.33 bits per heavy atom. The normalized spacial score (nSPS) is 8.50. The van der Waals surface area contributed by atoms with Crippen molar-refractivity contribution in [3.05, 3.63) is 6.42 Å². The first-order chi connectivity index (χ1) is 5.26. The smallest absolute Gasteiger partial charge is 0.0473 e. The zero-order chi connectivity index (χ0) is 9.11. The molecule has 0 unspecified atom stereocenters. The van der Waals surface area contributed by atoms with Gasteiger partial charge in [-0.05, 0) is 0 Å². The molecule has 2 radical (unpaired) electrons. The van der Waals surface area contributed by atoms with Gasteiger partial charge < -0.3 is 6.42 Å². The molecule has 0 fully saturated rings. The molecular formula is C10H24EuSi-. The summed E-state index contributed by atoms with van der Waals surface area (Å²) in [5.41, 5.74) is 0. The average molecular weight is 324 g/mol. The molecule has 76 valence electrons. The van der Waals surface area contributed by atoms with Crippen LogP contribution in [0.1, 0.15) is 41.0 Å². The predicted molar refractivity (Wildman–Crippen MR) is 57.5 cm³/mol. The maximum Gasteiger partial charge on any atom is 0.0473 e. The van der Waals surface area contributed by atoms with E-state index in [4.69, 9.17) is 0 Å². The van der Waals surface area contributed by atoms with Gasteiger partial charge in [-0.25, -0.2) is 0 Å². The molecule has 0 atom stereocenters. The summed E-state index contributed by atoms with van der Waals surface area (Å²) >= 11 is 0. The van der Waals surface area contributed by atoms with E-state index in [2.05, 4.69) is 20.8 Å². The maximum absolute atomic E-state index is 2.33. The van der Waals surface area contributed by atoms with Crippen molar-refractivity contribution in [1.82, 2.24) is 0 Å². The first-order valence-electron chi connectivity index (χ1n) is 4.84. The molecule has 0 aliphatic heterocycles. The molecule has 0 aromatic carbocycles. The molecule has 0 bridgehead atoms. The minimum atomic E-state index is 0. The van der Waals surface area contributed by atoms with Crippen molar-refractivity contribution in [3.63, 3.8) is 0 Å². The second-order valence-corrected chi connectivity index (χ2v) is 6.20. The SMILES string of the molecule is CCC[Si](CC)CC.C[CH-]C.[Eu]. The van der Waals surface area contributed by atoms with Crippen molar-refractivity contribution < 1.29 is 49.4 Å². The van der Waals surface area contributed by atoms with E-state index in [9.17, 15) is 0 Å². The van der Waals surface area contributed by atoms with Crippen LogP contribution in [0, 0.1) is 55.8 Å². The van der Waals surface area contributed by atoms with Gasteiger partial charge in [0.2, 0.25) is 0 Å². The van der Waals surface area contributed by atoms with E-state index in [1.165, 1.54) is 24.6 Å². The Morgan fingerprint density at radius 1 is 1.00 bits per heavy atom. The van der Waals surface area contributed by atoms with Crippen LogP contribution >= 0.6 is 0 Å². The van der Waals surface area contributed by atoms with Crippen LogP contribution in [-0.4, -0.2) is 8.80 Å². The minimum absolute atomic E-state index is 0.